The second-order valence-corrected chi connectivity index (χ2v) is 35.3. The summed E-state index contributed by atoms with van der Waals surface area (Å²) < 4.78 is 17.6. The first-order valence-electron chi connectivity index (χ1n) is 48.5. The molecule has 0 amide bonds. The fraction of sp³-hybridized carbons (Fsp3) is 0.0938. The van der Waals surface area contributed by atoms with Gasteiger partial charge in [-0.2, -0.15) is 9.79 Å². The van der Waals surface area contributed by atoms with Crippen LogP contribution in [0.2, 0.25) is 1.41 Å². The van der Waals surface area contributed by atoms with E-state index in [0.29, 0.717) is 0 Å². The first-order chi connectivity index (χ1) is 68.7. The lowest BCUT2D eigenvalue weighted by atomic mass is 9.65. The van der Waals surface area contributed by atoms with Crippen molar-refractivity contribution in [2.24, 2.45) is 0 Å². The number of nitrogens with zero attached hydrogens (tertiary/aromatic N) is 6. The molecule has 1 aliphatic carbocycles. The van der Waals surface area contributed by atoms with Crippen LogP contribution in [0.15, 0.2) is 497 Å². The van der Waals surface area contributed by atoms with Crippen molar-refractivity contribution in [2.45, 2.75) is 79.1 Å². The largest absolute Gasteiger partial charge is 0.311 e. The average Bonchev–Trinajstić information content (AvgIpc) is 0.759. The molecule has 0 heterocycles. The lowest BCUT2D eigenvalue weighted by Gasteiger charge is -2.39. The summed E-state index contributed by atoms with van der Waals surface area (Å²) >= 11 is 0. The normalized spacial score (nSPS) is 12.1. The van der Waals surface area contributed by atoms with Gasteiger partial charge in [-0.15, -0.1) is 0 Å². The first kappa shape index (κ1) is 89.1. The zero-order valence-electron chi connectivity index (χ0n) is 81.5. The monoisotopic (exact) mass is 1820 g/mol. The van der Waals surface area contributed by atoms with E-state index in [4.69, 9.17) is 3.97 Å². The highest BCUT2D eigenvalue weighted by atomic mass is 31.0. The maximum atomic E-state index is 5.90. The fourth-order valence-corrected chi connectivity index (χ4v) is 19.0. The highest BCUT2D eigenvalue weighted by molar-refractivity contribution is 7.02. The lowest BCUT2D eigenvalue weighted by Crippen LogP contribution is -2.30. The minimum Gasteiger partial charge on any atom is -0.311 e. The van der Waals surface area contributed by atoms with Crippen molar-refractivity contribution >= 4 is 143 Å². The molecule has 1 atom stereocenters. The maximum Gasteiger partial charge on any atom is 0.192 e. The van der Waals surface area contributed by atoms with E-state index in [1.54, 1.807) is 0 Å². The second-order valence-electron chi connectivity index (χ2n) is 35.3. The first-order valence-corrected chi connectivity index (χ1v) is 47.5. The Morgan fingerprint density at radius 3 is 0.715 bits per heavy atom. The third kappa shape index (κ3) is 21.4. The summed E-state index contributed by atoms with van der Waals surface area (Å²) in [5.74, 6) is 0. The van der Waals surface area contributed by atoms with Crippen LogP contribution in [0.4, 0.5) is 102 Å². The van der Waals surface area contributed by atoms with E-state index in [0.717, 1.165) is 68.2 Å². The van der Waals surface area contributed by atoms with Crippen molar-refractivity contribution in [3.8, 4) is 22.3 Å². The summed E-state index contributed by atoms with van der Waals surface area (Å²) in [4.78, 5) is 14.0. The Bertz CT molecular complexity index is 6840. The van der Waals surface area contributed by atoms with Crippen LogP contribution >= 0.6 is 18.8 Å². The number of hydrogen-bond donors (Lipinski definition) is 1. The van der Waals surface area contributed by atoms with Crippen molar-refractivity contribution in [1.82, 2.24) is 0 Å². The molecule has 20 aromatic rings. The molecule has 21 rings (SSSR count). The summed E-state index contributed by atoms with van der Waals surface area (Å²) in [6.45, 7) is 12.9. The topological polar surface area (TPSA) is 43.3 Å². The van der Waals surface area contributed by atoms with Crippen LogP contribution in [0, 0.1) is 46.7 Å². The lowest BCUT2D eigenvalue weighted by molar-refractivity contribution is 0.346. The van der Waals surface area contributed by atoms with Crippen molar-refractivity contribution in [3.63, 3.8) is 0 Å². The number of para-hydroxylation sites is 4. The molecular formula is C128H115N7P2. The summed E-state index contributed by atoms with van der Waals surface area (Å²) in [7, 11) is 2.06. The Labute approximate surface area is 819 Å². The van der Waals surface area contributed by atoms with Crippen molar-refractivity contribution in [3.05, 3.63) is 542 Å². The number of rotatable bonds is 22. The molecule has 20 aromatic carbocycles. The van der Waals surface area contributed by atoms with E-state index in [9.17, 15) is 0 Å². The number of fused-ring (bicyclic) bond motifs is 2. The SMILES string of the molecule is Cc1ccc(N(c2ccc(C)cc2)c2ccc(C3(c4ccc(N(c5ccc(C)cc5)c5ccc(C)cc5)cc4)CCCCC3)cc2)cc1.Cc1cccc(N(c2ccccc2)c2ccc(-c3ccc(N(c4ccccc4)c4cccc(C)c4)cc3)cc2)c1.[2H]N=P.[2H]P[3H].c1ccc(N(c2ccc(-c3ccc(N(c4ccccc4)c4cccc5ccccc45)cc3)cc2)c2cccc3ccccc23)cc1. The van der Waals surface area contributed by atoms with E-state index in [1.165, 1.54) is 155 Å². The van der Waals surface area contributed by atoms with Gasteiger partial charge < -0.3 is 29.4 Å². The van der Waals surface area contributed by atoms with Gasteiger partial charge in [0.15, 0.2) is 1.41 Å². The van der Waals surface area contributed by atoms with Gasteiger partial charge in [0.1, 0.15) is 0 Å². The van der Waals surface area contributed by atoms with Gasteiger partial charge in [0.2, 0.25) is 0 Å². The number of hydrogen-bond acceptors (Lipinski definition) is 7. The Morgan fingerprint density at radius 1 is 0.234 bits per heavy atom. The van der Waals surface area contributed by atoms with Crippen LogP contribution < -0.4 is 29.4 Å². The van der Waals surface area contributed by atoms with Crippen molar-refractivity contribution in [1.29, 1.82) is 7.71 Å². The zero-order chi connectivity index (χ0) is 96.5. The molecule has 1 N–H and O–H groups in total. The number of anilines is 18. The van der Waals surface area contributed by atoms with Crippen LogP contribution in [0.1, 0.15) is 76.6 Å². The summed E-state index contributed by atoms with van der Waals surface area (Å²) in [5, 5.41) is 7.46. The Hall–Kier alpha value is -15.8. The molecule has 1 fully saturated rings. The fourth-order valence-electron chi connectivity index (χ4n) is 19.0. The number of aryl methyl sites for hydroxylation is 6. The molecule has 672 valence electrons. The van der Waals surface area contributed by atoms with Gasteiger partial charge in [-0.3, -0.25) is 5.15 Å². The molecule has 1 unspecified atom stereocenters. The highest BCUT2D eigenvalue weighted by Crippen LogP contribution is 2.50. The van der Waals surface area contributed by atoms with E-state index < -0.39 is 9.79 Å². The summed E-state index contributed by atoms with van der Waals surface area (Å²) in [6.07, 6.45) is 6.15. The molecule has 0 spiro atoms. The summed E-state index contributed by atoms with van der Waals surface area (Å²) in [6, 6.07) is 180. The molecule has 0 aliphatic heterocycles. The second kappa shape index (κ2) is 44.0. The van der Waals surface area contributed by atoms with Crippen molar-refractivity contribution in [2.75, 3.05) is 29.4 Å². The van der Waals surface area contributed by atoms with Gasteiger partial charge in [-0.25, -0.2) is 0 Å². The Balaban J connectivity index is 0.000000141. The van der Waals surface area contributed by atoms with Gasteiger partial charge in [0.05, 0.1) is 13.9 Å². The predicted octanol–water partition coefficient (Wildman–Crippen LogP) is 37.6. The Morgan fingerprint density at radius 2 is 0.438 bits per heavy atom. The molecule has 137 heavy (non-hydrogen) atoms. The van der Waals surface area contributed by atoms with Gasteiger partial charge in [-0.05, 0) is 325 Å². The molecule has 1 aliphatic rings. The van der Waals surface area contributed by atoms with Crippen LogP contribution in [-0.2, 0) is 5.41 Å². The number of benzene rings is 20. The Kier molecular flexibility index (Phi) is 28.6. The third-order valence-electron chi connectivity index (χ3n) is 26.0. The quantitative estimate of drug-likeness (QED) is 0.0682. The molecule has 0 saturated heterocycles. The van der Waals surface area contributed by atoms with Gasteiger partial charge in [-0.1, -0.05) is 333 Å². The minimum absolute atomic E-state index is 0.00636. The molecule has 0 aromatic heterocycles. The molecule has 0 radical (unpaired) electrons. The minimum atomic E-state index is -0.417. The molecular weight excluding hydrogens is 1700 g/mol. The standard InChI is InChI=1S/C46H46N2.C44H32N2.C38H32N2.H2NP.H3P/c1-34-8-20-40(21-9-34)47(41-22-10-35(2)11-23-41)44-28-16-38(17-29-44)46(32-6-5-7-33-46)39-18-30-45(31-19-39)48(42-24-12-36(3)13-25-42)43-26-14-37(4)15-27-43;1-3-17-37(18-4-1)45(43-23-11-15-35-13-7-9-21-41(35)43)39-29-25-33(26-30-39)34-27-31-40(32-28-34)46(38-19-5-2-6-20-38)44-24-12-16-36-14-8-10-22-42(36)44;1-29-11-9-17-37(27-29)39(33-13-5-3-6-14-33)35-23-19-31(20-24-35)32-21-25-36(26-22-32)40(34-15-7-4-8-16-34)38-18-10-12-30(2)28-38;1-2;/h8-31H,5-7,32-33H2,1-4H3;1-32H;3-28H,1-2H3;1-2H;1H3/i;;;;1TD/hD. The number of nitrogens with one attached hydrogen (secondary N) is 1. The molecule has 9 heteroatoms. The van der Waals surface area contributed by atoms with Crippen LogP contribution in [0.5, 0.6) is 0 Å². The molecule has 1 saturated carbocycles. The van der Waals surface area contributed by atoms with Gasteiger partial charge in [0, 0.05) is 107 Å². The van der Waals surface area contributed by atoms with Gasteiger partial charge >= 0.3 is 0 Å². The van der Waals surface area contributed by atoms with Crippen LogP contribution in [0.25, 0.3) is 43.8 Å². The van der Waals surface area contributed by atoms with Crippen molar-refractivity contribution < 1.29 is 1.41 Å². The highest BCUT2D eigenvalue weighted by Gasteiger charge is 2.36. The predicted molar refractivity (Wildman–Crippen MR) is 594 cm³/mol. The maximum absolute atomic E-state index is 5.90. The van der Waals surface area contributed by atoms with Gasteiger partial charge in [0.25, 0.3) is 0 Å². The zero-order valence-corrected chi connectivity index (χ0v) is 80.5. The molecule has 0 bridgehead atoms. The van der Waals surface area contributed by atoms with Crippen LogP contribution in [0.3, 0.4) is 0 Å². The van der Waals surface area contributed by atoms with E-state index in [-0.39, 0.29) is 5.41 Å². The smallest absolute Gasteiger partial charge is 0.192 e. The molecule has 7 nitrogen and oxygen atoms in total. The van der Waals surface area contributed by atoms with E-state index in [2.05, 4.69) is 583 Å². The third-order valence-corrected chi connectivity index (χ3v) is 26.0. The van der Waals surface area contributed by atoms with Crippen LogP contribution in [-0.4, -0.2) is 2.56 Å². The summed E-state index contributed by atoms with van der Waals surface area (Å²) in [5.41, 5.74) is 35.9. The van der Waals surface area contributed by atoms with E-state index in [1.807, 2.05) is 0 Å². The average molecular weight is 1820 g/mol. The van der Waals surface area contributed by atoms with E-state index >= 15 is 0 Å².